The summed E-state index contributed by atoms with van der Waals surface area (Å²) in [5.41, 5.74) is 7.49. The molecule has 0 radical (unpaired) electrons. The van der Waals surface area contributed by atoms with Crippen molar-refractivity contribution in [2.24, 2.45) is 16.2 Å². The molecule has 13 heteroatoms. The third-order valence-corrected chi connectivity index (χ3v) is 9.58. The standard InChI is InChI=1S/C36H57N4O8P/c1-9-11-13-29-39-30-31(40(29)18-19-41)27-15-14-26(24-28(27)38-32(30)37)45-22-23-48-49(43,44)47-21-12-20-46-33(42)36(7,8)25-35(5,6)17-16-34(3,4)10-2/h14-17,24,41H,9-13,18-23,25H2,1-8H3,(H2,37,38)(H,43,44)/b17-16-. The predicted molar refractivity (Wildman–Crippen MR) is 193 cm³/mol. The molecule has 0 saturated carbocycles. The number of nitrogen functional groups attached to an aromatic ring is 1. The van der Waals surface area contributed by atoms with Crippen molar-refractivity contribution in [2.45, 2.75) is 100 Å². The number of phosphoric ester groups is 1. The van der Waals surface area contributed by atoms with Gasteiger partial charge in [0.05, 0.1) is 42.9 Å². The zero-order chi connectivity index (χ0) is 36.5. The fourth-order valence-corrected chi connectivity index (χ4v) is 6.42. The minimum absolute atomic E-state index is 0.0189. The first kappa shape index (κ1) is 40.4. The lowest BCUT2D eigenvalue weighted by Gasteiger charge is -2.32. The number of nitrogens with two attached hydrogens (primary N) is 1. The van der Waals surface area contributed by atoms with Gasteiger partial charge in [-0.1, -0.05) is 60.1 Å². The Labute approximate surface area is 291 Å². The van der Waals surface area contributed by atoms with E-state index in [1.165, 1.54) is 0 Å². The molecular weight excluding hydrogens is 647 g/mol. The molecule has 0 fully saturated rings. The molecule has 3 aromatic rings. The van der Waals surface area contributed by atoms with Crippen LogP contribution in [-0.4, -0.2) is 63.5 Å². The Kier molecular flexibility index (Phi) is 14.2. The molecule has 1 aromatic carbocycles. The number of esters is 1. The lowest BCUT2D eigenvalue weighted by molar-refractivity contribution is -0.155. The molecule has 274 valence electrons. The average Bonchev–Trinajstić information content (AvgIpc) is 3.39. The van der Waals surface area contributed by atoms with E-state index in [2.05, 4.69) is 58.7 Å². The number of phosphoric acid groups is 1. The number of fused-ring (bicyclic) bond motifs is 3. The molecule has 49 heavy (non-hydrogen) atoms. The maximum Gasteiger partial charge on any atom is 0.472 e. The molecule has 2 aromatic heterocycles. The van der Waals surface area contributed by atoms with Gasteiger partial charge in [0.25, 0.3) is 0 Å². The largest absolute Gasteiger partial charge is 0.491 e. The van der Waals surface area contributed by atoms with E-state index < -0.39 is 13.2 Å². The Morgan fingerprint density at radius 2 is 1.67 bits per heavy atom. The number of unbranched alkanes of at least 4 members (excludes halogenated alkanes) is 1. The van der Waals surface area contributed by atoms with E-state index in [0.717, 1.165) is 42.4 Å². The van der Waals surface area contributed by atoms with Crippen LogP contribution in [-0.2, 0) is 36.1 Å². The molecule has 0 aliphatic carbocycles. The Bertz CT molecular complexity index is 1630. The molecule has 12 nitrogen and oxygen atoms in total. The van der Waals surface area contributed by atoms with Gasteiger partial charge >= 0.3 is 13.8 Å². The number of hydrogen-bond acceptors (Lipinski definition) is 10. The first-order chi connectivity index (χ1) is 22.9. The van der Waals surface area contributed by atoms with E-state index in [-0.39, 0.29) is 62.1 Å². The van der Waals surface area contributed by atoms with Gasteiger partial charge in [-0.05, 0) is 56.1 Å². The molecule has 0 saturated heterocycles. The molecule has 2 heterocycles. The quantitative estimate of drug-likeness (QED) is 0.0438. The number of aliphatic hydroxyl groups is 1. The van der Waals surface area contributed by atoms with E-state index in [4.69, 9.17) is 29.2 Å². The van der Waals surface area contributed by atoms with Crippen LogP contribution in [0.1, 0.15) is 93.3 Å². The zero-order valence-electron chi connectivity index (χ0n) is 30.6. The summed E-state index contributed by atoms with van der Waals surface area (Å²) in [6.07, 6.45) is 9.01. The van der Waals surface area contributed by atoms with Crippen LogP contribution in [0.15, 0.2) is 30.4 Å². The van der Waals surface area contributed by atoms with Crippen molar-refractivity contribution in [1.29, 1.82) is 0 Å². The van der Waals surface area contributed by atoms with Crippen LogP contribution in [0, 0.1) is 16.2 Å². The van der Waals surface area contributed by atoms with Crippen LogP contribution in [0.4, 0.5) is 5.82 Å². The van der Waals surface area contributed by atoms with Crippen molar-refractivity contribution in [3.05, 3.63) is 36.2 Å². The summed E-state index contributed by atoms with van der Waals surface area (Å²) in [6.45, 7) is 16.7. The SMILES string of the molecule is CCCCc1nc2c(N)nc3cc(OCCOP(=O)(O)OCCCOC(=O)C(C)(C)CC(C)(C)/C=C\C(C)(C)CC)ccc3c2n1CCO. The highest BCUT2D eigenvalue weighted by atomic mass is 31.2. The molecule has 1 atom stereocenters. The van der Waals surface area contributed by atoms with Gasteiger partial charge in [0.2, 0.25) is 0 Å². The number of hydrogen-bond donors (Lipinski definition) is 3. The summed E-state index contributed by atoms with van der Waals surface area (Å²) >= 11 is 0. The minimum Gasteiger partial charge on any atom is -0.491 e. The molecule has 3 rings (SSSR count). The second-order valence-corrected chi connectivity index (χ2v) is 16.0. The lowest BCUT2D eigenvalue weighted by Crippen LogP contribution is -2.32. The molecule has 1 unspecified atom stereocenters. The average molecular weight is 705 g/mol. The third kappa shape index (κ3) is 11.8. The van der Waals surface area contributed by atoms with Crippen molar-refractivity contribution in [3.63, 3.8) is 0 Å². The monoisotopic (exact) mass is 704 g/mol. The van der Waals surface area contributed by atoms with Crippen molar-refractivity contribution < 1.29 is 37.9 Å². The number of aliphatic hydroxyl groups excluding tert-OH is 1. The summed E-state index contributed by atoms with van der Waals surface area (Å²) in [5, 5.41) is 10.5. The number of benzene rings is 1. The maximum atomic E-state index is 12.8. The normalized spacial score (nSPS) is 14.2. The number of ether oxygens (including phenoxy) is 2. The van der Waals surface area contributed by atoms with E-state index in [1.54, 1.807) is 12.1 Å². The highest BCUT2D eigenvalue weighted by molar-refractivity contribution is 7.47. The van der Waals surface area contributed by atoms with E-state index in [0.29, 0.717) is 29.7 Å². The third-order valence-electron chi connectivity index (χ3n) is 8.56. The number of aromatic nitrogens is 3. The highest BCUT2D eigenvalue weighted by Gasteiger charge is 2.35. The van der Waals surface area contributed by atoms with Gasteiger partial charge < -0.3 is 29.8 Å². The van der Waals surface area contributed by atoms with E-state index >= 15 is 0 Å². The number of rotatable bonds is 21. The molecule has 0 bridgehead atoms. The summed E-state index contributed by atoms with van der Waals surface area (Å²) in [7, 11) is -4.34. The van der Waals surface area contributed by atoms with Crippen molar-refractivity contribution in [1.82, 2.24) is 14.5 Å². The first-order valence-electron chi connectivity index (χ1n) is 17.3. The number of carbonyl (C=O) groups is 1. The smallest absolute Gasteiger partial charge is 0.472 e. The van der Waals surface area contributed by atoms with E-state index in [1.807, 2.05) is 24.5 Å². The molecule has 0 spiro atoms. The summed E-state index contributed by atoms with van der Waals surface area (Å²) in [4.78, 5) is 32.2. The van der Waals surface area contributed by atoms with Crippen molar-refractivity contribution in [3.8, 4) is 5.75 Å². The topological polar surface area (TPSA) is 168 Å². The van der Waals surface area contributed by atoms with E-state index in [9.17, 15) is 19.4 Å². The van der Waals surface area contributed by atoms with Gasteiger partial charge in [0, 0.05) is 30.8 Å². The van der Waals surface area contributed by atoms with Gasteiger partial charge in [-0.2, -0.15) is 0 Å². The van der Waals surface area contributed by atoms with Gasteiger partial charge in [-0.25, -0.2) is 14.5 Å². The Morgan fingerprint density at radius 1 is 0.980 bits per heavy atom. The summed E-state index contributed by atoms with van der Waals surface area (Å²) < 4.78 is 35.7. The second-order valence-electron chi connectivity index (χ2n) is 14.6. The molecule has 0 aliphatic heterocycles. The predicted octanol–water partition coefficient (Wildman–Crippen LogP) is 7.38. The summed E-state index contributed by atoms with van der Waals surface area (Å²) in [5.74, 6) is 1.30. The molecule has 4 N–H and O–H groups in total. The molecular formula is C36H57N4O8P. The van der Waals surface area contributed by atoms with Crippen LogP contribution in [0.25, 0.3) is 21.9 Å². The van der Waals surface area contributed by atoms with Gasteiger partial charge in [-0.15, -0.1) is 0 Å². The number of carbonyl (C=O) groups excluding carboxylic acids is 1. The number of imidazole rings is 1. The molecule has 0 aliphatic rings. The Hall–Kier alpha value is -3.02. The van der Waals surface area contributed by atoms with Gasteiger partial charge in [-0.3, -0.25) is 13.8 Å². The number of anilines is 1. The number of allylic oxidation sites excluding steroid dienone is 2. The Morgan fingerprint density at radius 3 is 2.35 bits per heavy atom. The van der Waals surface area contributed by atoms with Crippen LogP contribution >= 0.6 is 7.82 Å². The second kappa shape index (κ2) is 17.3. The number of nitrogens with zero attached hydrogens (tertiary/aromatic N) is 3. The lowest BCUT2D eigenvalue weighted by atomic mass is 9.73. The van der Waals surface area contributed by atoms with Crippen LogP contribution in [0.3, 0.4) is 0 Å². The van der Waals surface area contributed by atoms with Gasteiger partial charge in [0.1, 0.15) is 23.7 Å². The maximum absolute atomic E-state index is 12.8. The minimum atomic E-state index is -4.34. The zero-order valence-corrected chi connectivity index (χ0v) is 31.5. The fraction of sp³-hybridized carbons (Fsp3) is 0.639. The van der Waals surface area contributed by atoms with Crippen molar-refractivity contribution >= 4 is 41.5 Å². The fourth-order valence-electron chi connectivity index (χ4n) is 5.68. The van der Waals surface area contributed by atoms with Crippen LogP contribution in [0.5, 0.6) is 5.75 Å². The molecule has 0 amide bonds. The summed E-state index contributed by atoms with van der Waals surface area (Å²) in [6, 6.07) is 5.36. The van der Waals surface area contributed by atoms with Crippen molar-refractivity contribution in [2.75, 3.05) is 38.8 Å². The van der Waals surface area contributed by atoms with Crippen LogP contribution < -0.4 is 10.5 Å². The first-order valence-corrected chi connectivity index (χ1v) is 18.8. The Balaban J connectivity index is 1.46. The van der Waals surface area contributed by atoms with Gasteiger partial charge in [0.15, 0.2) is 5.82 Å². The highest BCUT2D eigenvalue weighted by Crippen LogP contribution is 2.43. The van der Waals surface area contributed by atoms with Crippen LogP contribution in [0.2, 0.25) is 0 Å². The number of aryl methyl sites for hydroxylation is 1. The number of pyridine rings is 1.